The molecule has 1 N–H and O–H groups in total. The summed E-state index contributed by atoms with van der Waals surface area (Å²) in [6, 6.07) is 10.2. The second-order valence-electron chi connectivity index (χ2n) is 5.11. The molecule has 4 rings (SSSR count). The first-order valence-corrected chi connectivity index (χ1v) is 8.07. The lowest BCUT2D eigenvalue weighted by atomic mass is 10.1. The van der Waals surface area contributed by atoms with Gasteiger partial charge in [0.2, 0.25) is 0 Å². The predicted molar refractivity (Wildman–Crippen MR) is 78.7 cm³/mol. The molecule has 0 saturated carbocycles. The minimum absolute atomic E-state index is 0.0842. The van der Waals surface area contributed by atoms with Crippen molar-refractivity contribution in [2.24, 2.45) is 0 Å². The highest BCUT2D eigenvalue weighted by Gasteiger charge is 2.38. The zero-order valence-corrected chi connectivity index (χ0v) is 12.3. The molecule has 2 aliphatic heterocycles. The minimum atomic E-state index is -3.86. The van der Waals surface area contributed by atoms with Crippen molar-refractivity contribution in [3.8, 4) is 0 Å². The molecular weight excluding hydrogens is 320 g/mol. The fourth-order valence-corrected chi connectivity index (χ4v) is 3.88. The molecule has 0 spiro atoms. The standard InChI is InChI=1S/C15H8N2O5S/c18-13-11-7-8(5-6-12(11)23(21,22)16-13)17-14(19)9-3-1-2-4-10(9)15(17)20/h1-7H,(H,16,18). The third-order valence-electron chi connectivity index (χ3n) is 3.78. The molecular formula is C15H8N2O5S. The zero-order valence-electron chi connectivity index (χ0n) is 11.4. The van der Waals surface area contributed by atoms with Gasteiger partial charge in [-0.1, -0.05) is 12.1 Å². The van der Waals surface area contributed by atoms with E-state index in [-0.39, 0.29) is 27.3 Å². The van der Waals surface area contributed by atoms with E-state index in [0.717, 1.165) is 4.90 Å². The molecule has 2 aromatic rings. The smallest absolute Gasteiger partial charge is 0.266 e. The maximum absolute atomic E-state index is 12.4. The number of nitrogens with zero attached hydrogens (tertiary/aromatic N) is 1. The third-order valence-corrected chi connectivity index (χ3v) is 5.17. The molecule has 0 bridgehead atoms. The van der Waals surface area contributed by atoms with Gasteiger partial charge in [-0.3, -0.25) is 14.4 Å². The summed E-state index contributed by atoms with van der Waals surface area (Å²) < 4.78 is 25.3. The molecule has 0 atom stereocenters. The molecule has 114 valence electrons. The van der Waals surface area contributed by atoms with Crippen molar-refractivity contribution < 1.29 is 22.8 Å². The Labute approximate surface area is 130 Å². The fourth-order valence-electron chi connectivity index (χ4n) is 2.72. The molecule has 0 unspecified atom stereocenters. The summed E-state index contributed by atoms with van der Waals surface area (Å²) in [5, 5.41) is 0. The Bertz CT molecular complexity index is 991. The van der Waals surface area contributed by atoms with Gasteiger partial charge in [0, 0.05) is 0 Å². The largest absolute Gasteiger partial charge is 0.268 e. The first-order valence-electron chi connectivity index (χ1n) is 6.59. The Balaban J connectivity index is 1.86. The van der Waals surface area contributed by atoms with E-state index >= 15 is 0 Å². The number of nitrogens with one attached hydrogen (secondary N) is 1. The molecule has 8 heteroatoms. The van der Waals surface area contributed by atoms with Gasteiger partial charge in [0.05, 0.1) is 22.4 Å². The third kappa shape index (κ3) is 1.75. The van der Waals surface area contributed by atoms with E-state index in [0.29, 0.717) is 0 Å². The summed E-state index contributed by atoms with van der Waals surface area (Å²) in [6.45, 7) is 0. The molecule has 2 heterocycles. The highest BCUT2D eigenvalue weighted by atomic mass is 32.2. The van der Waals surface area contributed by atoms with E-state index in [1.165, 1.54) is 18.2 Å². The number of fused-ring (bicyclic) bond motifs is 2. The average Bonchev–Trinajstić information content (AvgIpc) is 2.91. The highest BCUT2D eigenvalue weighted by Crippen LogP contribution is 2.32. The molecule has 0 aromatic heterocycles. The molecule has 3 amide bonds. The summed E-state index contributed by atoms with van der Waals surface area (Å²) in [5.41, 5.74) is 0.617. The maximum atomic E-state index is 12.4. The number of sulfonamides is 1. The van der Waals surface area contributed by atoms with Crippen molar-refractivity contribution in [1.82, 2.24) is 4.72 Å². The fraction of sp³-hybridized carbons (Fsp3) is 0. The van der Waals surface area contributed by atoms with E-state index in [9.17, 15) is 22.8 Å². The molecule has 0 saturated heterocycles. The molecule has 2 aliphatic rings. The van der Waals surface area contributed by atoms with Gasteiger partial charge in [-0.2, -0.15) is 0 Å². The van der Waals surface area contributed by atoms with Crippen LogP contribution in [-0.4, -0.2) is 26.1 Å². The summed E-state index contributed by atoms with van der Waals surface area (Å²) in [6.07, 6.45) is 0. The van der Waals surface area contributed by atoms with Crippen molar-refractivity contribution in [2.75, 3.05) is 4.90 Å². The maximum Gasteiger partial charge on any atom is 0.266 e. The number of hydrogen-bond acceptors (Lipinski definition) is 5. The van der Waals surface area contributed by atoms with Crippen LogP contribution in [-0.2, 0) is 10.0 Å². The Morgan fingerprint density at radius 1 is 0.826 bits per heavy atom. The van der Waals surface area contributed by atoms with Crippen molar-refractivity contribution >= 4 is 33.4 Å². The van der Waals surface area contributed by atoms with Gasteiger partial charge >= 0.3 is 0 Å². The summed E-state index contributed by atoms with van der Waals surface area (Å²) in [4.78, 5) is 37.3. The number of hydrogen-bond donors (Lipinski definition) is 1. The van der Waals surface area contributed by atoms with Crippen LogP contribution in [0.3, 0.4) is 0 Å². The van der Waals surface area contributed by atoms with Crippen LogP contribution in [0.4, 0.5) is 5.69 Å². The molecule has 0 aliphatic carbocycles. The van der Waals surface area contributed by atoms with E-state index in [4.69, 9.17) is 0 Å². The lowest BCUT2D eigenvalue weighted by molar-refractivity contribution is 0.0922. The van der Waals surface area contributed by atoms with Crippen LogP contribution < -0.4 is 9.62 Å². The van der Waals surface area contributed by atoms with Crippen LogP contribution in [0, 0.1) is 0 Å². The molecule has 0 radical (unpaired) electrons. The number of anilines is 1. The number of imide groups is 1. The Kier molecular flexibility index (Phi) is 2.53. The van der Waals surface area contributed by atoms with Crippen LogP contribution in [0.15, 0.2) is 47.4 Å². The summed E-state index contributed by atoms with van der Waals surface area (Å²) in [7, 11) is -3.86. The van der Waals surface area contributed by atoms with Crippen LogP contribution in [0.5, 0.6) is 0 Å². The number of carbonyl (C=O) groups is 3. The Hall–Kier alpha value is -3.00. The SMILES string of the molecule is O=C1NS(=O)(=O)c2ccc(N3C(=O)c4ccccc4C3=O)cc21. The second kappa shape index (κ2) is 4.26. The van der Waals surface area contributed by atoms with Gasteiger partial charge in [0.25, 0.3) is 27.7 Å². The van der Waals surface area contributed by atoms with Crippen molar-refractivity contribution in [3.05, 3.63) is 59.2 Å². The van der Waals surface area contributed by atoms with Crippen LogP contribution in [0.1, 0.15) is 31.1 Å². The average molecular weight is 328 g/mol. The van der Waals surface area contributed by atoms with Gasteiger partial charge in [-0.25, -0.2) is 18.0 Å². The quantitative estimate of drug-likeness (QED) is 0.785. The highest BCUT2D eigenvalue weighted by molar-refractivity contribution is 7.90. The van der Waals surface area contributed by atoms with Gasteiger partial charge < -0.3 is 0 Å². The minimum Gasteiger partial charge on any atom is -0.268 e. The molecule has 7 nitrogen and oxygen atoms in total. The molecule has 0 fully saturated rings. The first kappa shape index (κ1) is 13.6. The Morgan fingerprint density at radius 3 is 2.04 bits per heavy atom. The number of carbonyl (C=O) groups excluding carboxylic acids is 3. The van der Waals surface area contributed by atoms with E-state index in [1.54, 1.807) is 24.3 Å². The Morgan fingerprint density at radius 2 is 1.43 bits per heavy atom. The van der Waals surface area contributed by atoms with Gasteiger partial charge in [0.15, 0.2) is 0 Å². The topological polar surface area (TPSA) is 101 Å². The number of rotatable bonds is 1. The summed E-state index contributed by atoms with van der Waals surface area (Å²) in [5.74, 6) is -1.79. The van der Waals surface area contributed by atoms with E-state index in [2.05, 4.69) is 0 Å². The van der Waals surface area contributed by atoms with Gasteiger partial charge in [-0.15, -0.1) is 0 Å². The van der Waals surface area contributed by atoms with Crippen LogP contribution in [0.2, 0.25) is 0 Å². The molecule has 2 aromatic carbocycles. The van der Waals surface area contributed by atoms with Crippen molar-refractivity contribution in [3.63, 3.8) is 0 Å². The number of amides is 3. The zero-order chi connectivity index (χ0) is 16.4. The van der Waals surface area contributed by atoms with E-state index in [1.807, 2.05) is 4.72 Å². The van der Waals surface area contributed by atoms with E-state index < -0.39 is 27.7 Å². The lowest BCUT2D eigenvalue weighted by Crippen LogP contribution is -2.29. The molecule has 23 heavy (non-hydrogen) atoms. The van der Waals surface area contributed by atoms with Crippen molar-refractivity contribution in [1.29, 1.82) is 0 Å². The van der Waals surface area contributed by atoms with Crippen molar-refractivity contribution in [2.45, 2.75) is 4.90 Å². The second-order valence-corrected chi connectivity index (χ2v) is 6.76. The lowest BCUT2D eigenvalue weighted by Gasteiger charge is -2.14. The first-order chi connectivity index (χ1) is 10.9. The van der Waals surface area contributed by atoms with Crippen LogP contribution >= 0.6 is 0 Å². The normalized spacial score (nSPS) is 17.9. The van der Waals surface area contributed by atoms with Gasteiger partial charge in [0.1, 0.15) is 4.90 Å². The van der Waals surface area contributed by atoms with Gasteiger partial charge in [-0.05, 0) is 30.3 Å². The van der Waals surface area contributed by atoms with Crippen LogP contribution in [0.25, 0.3) is 0 Å². The number of benzene rings is 2. The monoisotopic (exact) mass is 328 g/mol. The predicted octanol–water partition coefficient (Wildman–Crippen LogP) is 0.919. The summed E-state index contributed by atoms with van der Waals surface area (Å²) >= 11 is 0.